The van der Waals surface area contributed by atoms with E-state index in [0.29, 0.717) is 23.1 Å². The monoisotopic (exact) mass is 284 g/mol. The molecule has 1 aromatic carbocycles. The molecule has 19 heavy (non-hydrogen) atoms. The number of hydrogen-bond acceptors (Lipinski definition) is 4. The van der Waals surface area contributed by atoms with Crippen LogP contribution in [-0.4, -0.2) is 26.2 Å². The molecule has 0 heterocycles. The van der Waals surface area contributed by atoms with Gasteiger partial charge in [-0.3, -0.25) is 4.79 Å². The highest BCUT2D eigenvalue weighted by atomic mass is 35.5. The standard InChI is InChI=1S/C13H17ClN2O3/c1-18-11-7-9(4-2-3-5-15)6-10(14)13(11)19-8-12(16)17/h2,4,6-7H,3,5,8,15H2,1H3,(H2,16,17). The molecule has 104 valence electrons. The highest BCUT2D eigenvalue weighted by Gasteiger charge is 2.12. The average Bonchev–Trinajstić information content (AvgIpc) is 2.37. The van der Waals surface area contributed by atoms with Gasteiger partial charge in [0.2, 0.25) is 0 Å². The number of amides is 1. The van der Waals surface area contributed by atoms with Crippen LogP contribution in [0.3, 0.4) is 0 Å². The summed E-state index contributed by atoms with van der Waals surface area (Å²) < 4.78 is 10.4. The minimum Gasteiger partial charge on any atom is -0.493 e. The van der Waals surface area contributed by atoms with E-state index in [1.807, 2.05) is 12.2 Å². The largest absolute Gasteiger partial charge is 0.493 e. The molecule has 5 nitrogen and oxygen atoms in total. The molecule has 0 saturated heterocycles. The first-order valence-corrected chi connectivity index (χ1v) is 6.11. The maximum Gasteiger partial charge on any atom is 0.255 e. The lowest BCUT2D eigenvalue weighted by molar-refractivity contribution is -0.119. The molecule has 0 fully saturated rings. The molecule has 4 N–H and O–H groups in total. The third-order valence-corrected chi connectivity index (χ3v) is 2.53. The van der Waals surface area contributed by atoms with Crippen molar-refractivity contribution >= 4 is 23.6 Å². The van der Waals surface area contributed by atoms with Crippen LogP contribution in [0.2, 0.25) is 5.02 Å². The van der Waals surface area contributed by atoms with Gasteiger partial charge in [0, 0.05) is 0 Å². The van der Waals surface area contributed by atoms with Crippen molar-refractivity contribution in [3.05, 3.63) is 28.8 Å². The first-order chi connectivity index (χ1) is 9.08. The maximum absolute atomic E-state index is 10.7. The van der Waals surface area contributed by atoms with Gasteiger partial charge in [-0.25, -0.2) is 0 Å². The Bertz CT molecular complexity index is 475. The van der Waals surface area contributed by atoms with Crippen molar-refractivity contribution in [2.75, 3.05) is 20.3 Å². The zero-order chi connectivity index (χ0) is 14.3. The molecule has 0 aliphatic carbocycles. The lowest BCUT2D eigenvalue weighted by Crippen LogP contribution is -2.20. The summed E-state index contributed by atoms with van der Waals surface area (Å²) in [6, 6.07) is 3.47. The first kappa shape index (κ1) is 15.3. The quantitative estimate of drug-likeness (QED) is 0.796. The van der Waals surface area contributed by atoms with Crippen LogP contribution < -0.4 is 20.9 Å². The smallest absolute Gasteiger partial charge is 0.255 e. The summed E-state index contributed by atoms with van der Waals surface area (Å²) in [4.78, 5) is 10.7. The van der Waals surface area contributed by atoms with Gasteiger partial charge in [-0.1, -0.05) is 23.8 Å². The Balaban J connectivity index is 2.97. The van der Waals surface area contributed by atoms with Crippen molar-refractivity contribution in [1.82, 2.24) is 0 Å². The summed E-state index contributed by atoms with van der Waals surface area (Å²) in [7, 11) is 1.50. The van der Waals surface area contributed by atoms with Crippen LogP contribution in [0, 0.1) is 0 Å². The number of halogens is 1. The zero-order valence-electron chi connectivity index (χ0n) is 10.7. The Morgan fingerprint density at radius 1 is 1.47 bits per heavy atom. The second kappa shape index (κ2) is 7.66. The molecule has 0 unspecified atom stereocenters. The van der Waals surface area contributed by atoms with Crippen molar-refractivity contribution in [3.8, 4) is 11.5 Å². The molecule has 0 bridgehead atoms. The van der Waals surface area contributed by atoms with Gasteiger partial charge in [0.15, 0.2) is 18.1 Å². The van der Waals surface area contributed by atoms with E-state index in [1.54, 1.807) is 12.1 Å². The molecule has 0 aliphatic heterocycles. The molecular formula is C13H17ClN2O3. The molecule has 1 amide bonds. The molecule has 0 spiro atoms. The number of hydrogen-bond donors (Lipinski definition) is 2. The van der Waals surface area contributed by atoms with Gasteiger partial charge in [-0.2, -0.15) is 0 Å². The summed E-state index contributed by atoms with van der Waals surface area (Å²) in [5.74, 6) is 0.171. The fraction of sp³-hybridized carbons (Fsp3) is 0.308. The Kier molecular flexibility index (Phi) is 6.18. The molecule has 1 rings (SSSR count). The molecule has 1 aromatic rings. The van der Waals surface area contributed by atoms with Crippen molar-refractivity contribution in [1.29, 1.82) is 0 Å². The van der Waals surface area contributed by atoms with Crippen LogP contribution in [0.4, 0.5) is 0 Å². The van der Waals surface area contributed by atoms with Gasteiger partial charge in [0.05, 0.1) is 12.1 Å². The van der Waals surface area contributed by atoms with Crippen LogP contribution in [0.1, 0.15) is 12.0 Å². The Hall–Kier alpha value is -1.72. The van der Waals surface area contributed by atoms with Gasteiger partial charge in [-0.05, 0) is 30.7 Å². The number of nitrogens with two attached hydrogens (primary N) is 2. The average molecular weight is 285 g/mol. The summed E-state index contributed by atoms with van der Waals surface area (Å²) in [5.41, 5.74) is 11.3. The van der Waals surface area contributed by atoms with E-state index in [9.17, 15) is 4.79 Å². The number of ether oxygens (including phenoxy) is 2. The highest BCUT2D eigenvalue weighted by Crippen LogP contribution is 2.36. The predicted octanol–water partition coefficient (Wildman–Crippen LogP) is 1.57. The van der Waals surface area contributed by atoms with E-state index >= 15 is 0 Å². The van der Waals surface area contributed by atoms with Gasteiger partial charge in [0.25, 0.3) is 5.91 Å². The van der Waals surface area contributed by atoms with Gasteiger partial charge < -0.3 is 20.9 Å². The third-order valence-electron chi connectivity index (χ3n) is 2.25. The number of methoxy groups -OCH3 is 1. The second-order valence-electron chi connectivity index (χ2n) is 3.77. The van der Waals surface area contributed by atoms with Gasteiger partial charge in [0.1, 0.15) is 0 Å². The predicted molar refractivity (Wildman–Crippen MR) is 75.4 cm³/mol. The van der Waals surface area contributed by atoms with Crippen LogP contribution in [0.15, 0.2) is 18.2 Å². The zero-order valence-corrected chi connectivity index (χ0v) is 11.4. The number of carbonyl (C=O) groups is 1. The van der Waals surface area contributed by atoms with Crippen molar-refractivity contribution in [2.24, 2.45) is 11.5 Å². The molecule has 0 aromatic heterocycles. The highest BCUT2D eigenvalue weighted by molar-refractivity contribution is 6.32. The van der Waals surface area contributed by atoms with Crippen LogP contribution in [0.25, 0.3) is 6.08 Å². The molecular weight excluding hydrogens is 268 g/mol. The lowest BCUT2D eigenvalue weighted by atomic mass is 10.1. The maximum atomic E-state index is 10.7. The summed E-state index contributed by atoms with van der Waals surface area (Å²) in [6.07, 6.45) is 4.61. The van der Waals surface area contributed by atoms with Crippen molar-refractivity contribution in [3.63, 3.8) is 0 Å². The van der Waals surface area contributed by atoms with E-state index in [0.717, 1.165) is 12.0 Å². The molecule has 0 atom stereocenters. The minimum absolute atomic E-state index is 0.252. The number of rotatable bonds is 7. The van der Waals surface area contributed by atoms with Crippen LogP contribution in [-0.2, 0) is 4.79 Å². The molecule has 0 saturated carbocycles. The van der Waals surface area contributed by atoms with Crippen LogP contribution >= 0.6 is 11.6 Å². The van der Waals surface area contributed by atoms with E-state index < -0.39 is 5.91 Å². The Morgan fingerprint density at radius 3 is 2.79 bits per heavy atom. The fourth-order valence-electron chi connectivity index (χ4n) is 1.44. The summed E-state index contributed by atoms with van der Waals surface area (Å²) in [6.45, 7) is 0.333. The van der Waals surface area contributed by atoms with Gasteiger partial charge >= 0.3 is 0 Å². The third kappa shape index (κ3) is 4.81. The summed E-state index contributed by atoms with van der Waals surface area (Å²) in [5, 5.41) is 0.355. The summed E-state index contributed by atoms with van der Waals surface area (Å²) >= 11 is 6.09. The van der Waals surface area contributed by atoms with Crippen molar-refractivity contribution < 1.29 is 14.3 Å². The normalized spacial score (nSPS) is 10.7. The Morgan fingerprint density at radius 2 is 2.21 bits per heavy atom. The number of benzene rings is 1. The Labute approximate surface area is 117 Å². The SMILES string of the molecule is COc1cc(C=CCCN)cc(Cl)c1OCC(N)=O. The first-order valence-electron chi connectivity index (χ1n) is 5.73. The van der Waals surface area contributed by atoms with Gasteiger partial charge in [-0.15, -0.1) is 0 Å². The van der Waals surface area contributed by atoms with E-state index in [1.165, 1.54) is 7.11 Å². The number of carbonyl (C=O) groups excluding carboxylic acids is 1. The topological polar surface area (TPSA) is 87.6 Å². The second-order valence-corrected chi connectivity index (χ2v) is 4.18. The van der Waals surface area contributed by atoms with E-state index in [-0.39, 0.29) is 6.61 Å². The van der Waals surface area contributed by atoms with Crippen LogP contribution in [0.5, 0.6) is 11.5 Å². The fourth-order valence-corrected chi connectivity index (χ4v) is 1.71. The molecule has 0 radical (unpaired) electrons. The number of primary amides is 1. The lowest BCUT2D eigenvalue weighted by Gasteiger charge is -2.12. The van der Waals surface area contributed by atoms with E-state index in [2.05, 4.69) is 0 Å². The minimum atomic E-state index is -0.579. The molecule has 0 aliphatic rings. The van der Waals surface area contributed by atoms with E-state index in [4.69, 9.17) is 32.5 Å². The molecule has 6 heteroatoms. The van der Waals surface area contributed by atoms with Crippen molar-refractivity contribution in [2.45, 2.75) is 6.42 Å².